The van der Waals surface area contributed by atoms with Crippen molar-refractivity contribution in [3.05, 3.63) is 41.7 Å². The van der Waals surface area contributed by atoms with Crippen LogP contribution in [0.25, 0.3) is 0 Å². The van der Waals surface area contributed by atoms with E-state index in [2.05, 4.69) is 56.3 Å². The van der Waals surface area contributed by atoms with E-state index in [0.29, 0.717) is 12.0 Å². The van der Waals surface area contributed by atoms with E-state index in [4.69, 9.17) is 0 Å². The second kappa shape index (κ2) is 4.13. The average Bonchev–Trinajstić information content (AvgIpc) is 3.07. The molecule has 0 aliphatic carbocycles. The number of aromatic nitrogens is 4. The molecule has 0 radical (unpaired) electrons. The van der Waals surface area contributed by atoms with Crippen molar-refractivity contribution >= 4 is 0 Å². The number of hydrogen-bond acceptors (Lipinski definition) is 4. The van der Waals surface area contributed by atoms with Crippen LogP contribution in [0.3, 0.4) is 0 Å². The molecule has 0 spiro atoms. The second-order valence-corrected chi connectivity index (χ2v) is 5.67. The van der Waals surface area contributed by atoms with Gasteiger partial charge in [-0.3, -0.25) is 0 Å². The molecule has 2 aliphatic heterocycles. The third-order valence-corrected chi connectivity index (χ3v) is 4.65. The number of fused-ring (bicyclic) bond motifs is 2. The largest absolute Gasteiger partial charge is 0.304 e. The molecular weight excluding hydrogens is 238 g/mol. The minimum absolute atomic E-state index is 0.107. The molecule has 0 saturated carbocycles. The molecule has 98 valence electrons. The van der Waals surface area contributed by atoms with Crippen LogP contribution in [0.15, 0.2) is 30.3 Å². The first-order chi connectivity index (χ1) is 9.37. The van der Waals surface area contributed by atoms with Crippen LogP contribution in [0.5, 0.6) is 0 Å². The van der Waals surface area contributed by atoms with E-state index in [-0.39, 0.29) is 5.54 Å². The van der Waals surface area contributed by atoms with Gasteiger partial charge in [0.05, 0.1) is 0 Å². The van der Waals surface area contributed by atoms with Crippen molar-refractivity contribution in [3.8, 4) is 0 Å². The Kier molecular flexibility index (Phi) is 2.41. The van der Waals surface area contributed by atoms with Crippen molar-refractivity contribution in [2.24, 2.45) is 0 Å². The number of nitrogens with one attached hydrogen (secondary N) is 2. The lowest BCUT2D eigenvalue weighted by Gasteiger charge is -2.35. The van der Waals surface area contributed by atoms with Gasteiger partial charge < -0.3 is 5.32 Å². The zero-order valence-corrected chi connectivity index (χ0v) is 10.7. The highest BCUT2D eigenvalue weighted by atomic mass is 15.5. The number of H-pyrrole nitrogens is 1. The molecule has 1 aromatic heterocycles. The lowest BCUT2D eigenvalue weighted by molar-refractivity contribution is 0.280. The normalized spacial score (nSPS) is 33.5. The minimum atomic E-state index is 0.107. The molecule has 19 heavy (non-hydrogen) atoms. The Labute approximate surface area is 111 Å². The van der Waals surface area contributed by atoms with Gasteiger partial charge in [-0.25, -0.2) is 0 Å². The third-order valence-electron chi connectivity index (χ3n) is 4.65. The molecule has 2 saturated heterocycles. The molecule has 5 nitrogen and oxygen atoms in total. The van der Waals surface area contributed by atoms with Crippen LogP contribution in [0, 0.1) is 0 Å². The van der Waals surface area contributed by atoms with Crippen molar-refractivity contribution in [1.82, 2.24) is 25.9 Å². The highest BCUT2D eigenvalue weighted by Crippen LogP contribution is 2.48. The second-order valence-electron chi connectivity index (χ2n) is 5.67. The van der Waals surface area contributed by atoms with Gasteiger partial charge in [0, 0.05) is 17.5 Å². The Morgan fingerprint density at radius 3 is 2.89 bits per heavy atom. The molecule has 2 fully saturated rings. The first-order valence-electron chi connectivity index (χ1n) is 6.94. The maximum atomic E-state index is 4.20. The summed E-state index contributed by atoms with van der Waals surface area (Å²) in [6.07, 6.45) is 4.73. The van der Waals surface area contributed by atoms with Gasteiger partial charge in [-0.15, -0.1) is 10.2 Å². The Bertz CT molecular complexity index is 552. The summed E-state index contributed by atoms with van der Waals surface area (Å²) in [4.78, 5) is 0. The Morgan fingerprint density at radius 2 is 2.11 bits per heavy atom. The maximum absolute atomic E-state index is 4.20. The molecule has 3 heterocycles. The van der Waals surface area contributed by atoms with E-state index in [1.54, 1.807) is 0 Å². The summed E-state index contributed by atoms with van der Waals surface area (Å²) in [7, 11) is 0. The topological polar surface area (TPSA) is 66.5 Å². The molecule has 1 aromatic carbocycles. The summed E-state index contributed by atoms with van der Waals surface area (Å²) in [6, 6.07) is 11.3. The quantitative estimate of drug-likeness (QED) is 0.857. The molecular formula is C14H17N5. The fourth-order valence-electron chi connectivity index (χ4n) is 3.80. The van der Waals surface area contributed by atoms with Crippen LogP contribution in [0.2, 0.25) is 0 Å². The number of nitrogens with zero attached hydrogens (tertiary/aromatic N) is 3. The van der Waals surface area contributed by atoms with Crippen LogP contribution in [0.1, 0.15) is 43.0 Å². The smallest absolute Gasteiger partial charge is 0.179 e. The molecule has 0 amide bonds. The summed E-state index contributed by atoms with van der Waals surface area (Å²) in [5.41, 5.74) is 1.50. The highest BCUT2D eigenvalue weighted by Gasteiger charge is 2.49. The van der Waals surface area contributed by atoms with Crippen LogP contribution in [0.4, 0.5) is 0 Å². The van der Waals surface area contributed by atoms with Crippen LogP contribution in [-0.2, 0) is 5.54 Å². The summed E-state index contributed by atoms with van der Waals surface area (Å²) >= 11 is 0. The number of tetrazole rings is 1. The molecule has 3 unspecified atom stereocenters. The summed E-state index contributed by atoms with van der Waals surface area (Å²) < 4.78 is 0. The SMILES string of the molecule is c1ccc(C23CCCC(N2)C(c2nn[nH]n2)C3)cc1. The zero-order valence-electron chi connectivity index (χ0n) is 10.7. The van der Waals surface area contributed by atoms with E-state index >= 15 is 0 Å². The molecule has 2 aromatic rings. The number of hydrogen-bond donors (Lipinski definition) is 2. The van der Waals surface area contributed by atoms with E-state index in [0.717, 1.165) is 12.2 Å². The standard InChI is InChI=1S/C14H17N5/c1-2-5-10(6-3-1)14-8-4-7-12(15-14)11(9-14)13-16-18-19-17-13/h1-3,5-6,11-12,15H,4,7-9H2,(H,16,17,18,19). The van der Waals surface area contributed by atoms with Gasteiger partial charge in [0.15, 0.2) is 5.82 Å². The summed E-state index contributed by atoms with van der Waals surface area (Å²) in [6.45, 7) is 0. The van der Waals surface area contributed by atoms with Gasteiger partial charge in [-0.2, -0.15) is 5.21 Å². The van der Waals surface area contributed by atoms with Crippen molar-refractivity contribution in [1.29, 1.82) is 0 Å². The molecule has 3 atom stereocenters. The number of benzene rings is 1. The van der Waals surface area contributed by atoms with Crippen LogP contribution < -0.4 is 5.32 Å². The van der Waals surface area contributed by atoms with Crippen molar-refractivity contribution in [2.45, 2.75) is 43.2 Å². The predicted octanol–water partition coefficient (Wildman–Crippen LogP) is 1.72. The van der Waals surface area contributed by atoms with Crippen molar-refractivity contribution in [2.75, 3.05) is 0 Å². The highest BCUT2D eigenvalue weighted by molar-refractivity contribution is 5.30. The van der Waals surface area contributed by atoms with Gasteiger partial charge in [-0.05, 0) is 31.2 Å². The molecule has 5 heteroatoms. The summed E-state index contributed by atoms with van der Waals surface area (Å²) in [5.74, 6) is 1.23. The number of aromatic amines is 1. The fourth-order valence-corrected chi connectivity index (χ4v) is 3.80. The molecule has 2 aliphatic rings. The Morgan fingerprint density at radius 1 is 1.21 bits per heavy atom. The minimum Gasteiger partial charge on any atom is -0.304 e. The monoisotopic (exact) mass is 255 g/mol. The van der Waals surface area contributed by atoms with Gasteiger partial charge in [0.1, 0.15) is 0 Å². The lowest BCUT2D eigenvalue weighted by Crippen LogP contribution is -2.44. The zero-order chi connectivity index (χ0) is 12.7. The van der Waals surface area contributed by atoms with Gasteiger partial charge in [-0.1, -0.05) is 35.5 Å². The molecule has 2 N–H and O–H groups in total. The molecule has 2 bridgehead atoms. The Hall–Kier alpha value is -1.75. The van der Waals surface area contributed by atoms with E-state index in [1.807, 2.05) is 0 Å². The fraction of sp³-hybridized carbons (Fsp3) is 0.500. The first kappa shape index (κ1) is 11.1. The van der Waals surface area contributed by atoms with Gasteiger partial charge >= 0.3 is 0 Å². The summed E-state index contributed by atoms with van der Waals surface area (Å²) in [5, 5.41) is 18.5. The van der Waals surface area contributed by atoms with Crippen molar-refractivity contribution in [3.63, 3.8) is 0 Å². The van der Waals surface area contributed by atoms with Crippen molar-refractivity contribution < 1.29 is 0 Å². The Balaban J connectivity index is 1.72. The third kappa shape index (κ3) is 1.69. The van der Waals surface area contributed by atoms with E-state index in [9.17, 15) is 0 Å². The predicted molar refractivity (Wildman–Crippen MR) is 70.4 cm³/mol. The van der Waals surface area contributed by atoms with Gasteiger partial charge in [0.25, 0.3) is 0 Å². The maximum Gasteiger partial charge on any atom is 0.179 e. The number of rotatable bonds is 2. The van der Waals surface area contributed by atoms with Gasteiger partial charge in [0.2, 0.25) is 0 Å². The molecule has 4 rings (SSSR count). The average molecular weight is 255 g/mol. The number of piperidine rings is 1. The van der Waals surface area contributed by atoms with E-state index in [1.165, 1.54) is 24.8 Å². The van der Waals surface area contributed by atoms with Crippen LogP contribution >= 0.6 is 0 Å². The van der Waals surface area contributed by atoms with E-state index < -0.39 is 0 Å². The first-order valence-corrected chi connectivity index (χ1v) is 6.94. The lowest BCUT2D eigenvalue weighted by atomic mass is 9.82. The van der Waals surface area contributed by atoms with Crippen LogP contribution in [-0.4, -0.2) is 26.7 Å².